The highest BCUT2D eigenvalue weighted by atomic mass is 79.9. The maximum absolute atomic E-state index is 13.0. The van der Waals surface area contributed by atoms with E-state index in [-0.39, 0.29) is 6.61 Å². The predicted molar refractivity (Wildman–Crippen MR) is 134 cm³/mol. The van der Waals surface area contributed by atoms with Crippen LogP contribution < -0.4 is 14.2 Å². The lowest BCUT2D eigenvalue weighted by Gasteiger charge is -2.38. The Labute approximate surface area is 220 Å². The fourth-order valence-corrected chi connectivity index (χ4v) is 5.65. The van der Waals surface area contributed by atoms with Crippen molar-refractivity contribution >= 4 is 68.6 Å². The zero-order chi connectivity index (χ0) is 24.2. The Kier molecular flexibility index (Phi) is 9.14. The molecule has 12 heteroatoms. The number of rotatable bonds is 7. The second-order valence-electron chi connectivity index (χ2n) is 6.91. The maximum Gasteiger partial charge on any atom is 0.410 e. The number of aromatic nitrogens is 1. The Bertz CT molecular complexity index is 994. The van der Waals surface area contributed by atoms with Crippen molar-refractivity contribution in [2.24, 2.45) is 0 Å². The number of benzene rings is 1. The van der Waals surface area contributed by atoms with Crippen molar-refractivity contribution < 1.29 is 23.7 Å². The third-order valence-corrected chi connectivity index (χ3v) is 7.13. The molecule has 1 unspecified atom stereocenters. The molecule has 1 aromatic carbocycles. The zero-order valence-electron chi connectivity index (χ0n) is 18.1. The van der Waals surface area contributed by atoms with Gasteiger partial charge in [0.2, 0.25) is 9.54 Å². The molecular formula is C21H22BrCl3N2O5S. The first-order valence-electron chi connectivity index (χ1n) is 9.76. The molecule has 0 spiro atoms. The summed E-state index contributed by atoms with van der Waals surface area (Å²) in [7, 11) is 4.67. The summed E-state index contributed by atoms with van der Waals surface area (Å²) in [6.07, 6.45) is 1.64. The quantitative estimate of drug-likeness (QED) is 0.282. The van der Waals surface area contributed by atoms with Crippen LogP contribution in [0.4, 0.5) is 4.79 Å². The second-order valence-corrected chi connectivity index (χ2v) is 11.3. The Morgan fingerprint density at radius 2 is 1.88 bits per heavy atom. The topological polar surface area (TPSA) is 70.1 Å². The number of methoxy groups -OCH3 is 3. The number of pyridine rings is 1. The van der Waals surface area contributed by atoms with E-state index in [0.717, 1.165) is 16.2 Å². The Morgan fingerprint density at radius 3 is 2.45 bits per heavy atom. The summed E-state index contributed by atoms with van der Waals surface area (Å²) < 4.78 is 21.2. The molecular weight excluding hydrogens is 579 g/mol. The van der Waals surface area contributed by atoms with Gasteiger partial charge in [-0.3, -0.25) is 4.90 Å². The smallest absolute Gasteiger partial charge is 0.410 e. The number of hydrogen-bond donors (Lipinski definition) is 0. The van der Waals surface area contributed by atoms with Crippen molar-refractivity contribution in [3.63, 3.8) is 0 Å². The van der Waals surface area contributed by atoms with Gasteiger partial charge in [-0.25, -0.2) is 9.78 Å². The van der Waals surface area contributed by atoms with Crippen LogP contribution in [0, 0.1) is 0 Å². The fourth-order valence-electron chi connectivity index (χ4n) is 3.66. The number of fused-ring (bicyclic) bond motifs is 1. The minimum absolute atomic E-state index is 0.365. The molecule has 1 aromatic heterocycles. The summed E-state index contributed by atoms with van der Waals surface area (Å²) in [6, 6.07) is 5.25. The molecule has 2 heterocycles. The van der Waals surface area contributed by atoms with E-state index in [1.807, 2.05) is 18.2 Å². The molecule has 0 bridgehead atoms. The van der Waals surface area contributed by atoms with Crippen molar-refractivity contribution in [1.29, 1.82) is 0 Å². The maximum atomic E-state index is 13.0. The van der Waals surface area contributed by atoms with Crippen LogP contribution in [0.5, 0.6) is 17.2 Å². The number of halogens is 4. The van der Waals surface area contributed by atoms with E-state index in [9.17, 15) is 4.79 Å². The first-order valence-corrected chi connectivity index (χ1v) is 12.7. The molecule has 1 amide bonds. The minimum Gasteiger partial charge on any atom is -0.492 e. The van der Waals surface area contributed by atoms with Gasteiger partial charge in [0.15, 0.2) is 11.5 Å². The molecule has 1 atom stereocenters. The lowest BCUT2D eigenvalue weighted by atomic mass is 9.92. The molecule has 0 fully saturated rings. The minimum atomic E-state index is -1.71. The van der Waals surface area contributed by atoms with Crippen LogP contribution in [0.3, 0.4) is 0 Å². The molecule has 0 N–H and O–H groups in total. The van der Waals surface area contributed by atoms with Crippen LogP contribution >= 0.6 is 62.5 Å². The molecule has 33 heavy (non-hydrogen) atoms. The molecule has 3 rings (SSSR count). The number of ether oxygens (including phenoxy) is 4. The highest BCUT2D eigenvalue weighted by molar-refractivity contribution is 9.10. The van der Waals surface area contributed by atoms with Gasteiger partial charge in [-0.2, -0.15) is 0 Å². The molecule has 2 aromatic rings. The standard InChI is InChI=1S/C21H22BrCl3N2O5S/c1-29-17-12-7-9-27(20(28)32-11-21(23,24)25)13(10-33-14-6-4-5-8-26-14)15(12)16(22)18(30-2)19(17)31-3/h4-6,8,13H,7,9-11H2,1-3H3. The van der Waals surface area contributed by atoms with Gasteiger partial charge < -0.3 is 18.9 Å². The normalized spacial score (nSPS) is 15.6. The Balaban J connectivity index is 2.06. The van der Waals surface area contributed by atoms with E-state index in [1.54, 1.807) is 32.4 Å². The summed E-state index contributed by atoms with van der Waals surface area (Å²) in [4.78, 5) is 19.0. The summed E-state index contributed by atoms with van der Waals surface area (Å²) in [5.74, 6) is 2.01. The summed E-state index contributed by atoms with van der Waals surface area (Å²) in [5, 5.41) is 0.822. The monoisotopic (exact) mass is 598 g/mol. The number of amides is 1. The van der Waals surface area contributed by atoms with E-state index < -0.39 is 15.9 Å². The van der Waals surface area contributed by atoms with Crippen LogP contribution in [0.1, 0.15) is 17.2 Å². The Hall–Kier alpha value is -1.26. The van der Waals surface area contributed by atoms with Crippen molar-refractivity contribution in [1.82, 2.24) is 9.88 Å². The summed E-state index contributed by atoms with van der Waals surface area (Å²) >= 11 is 22.5. The highest BCUT2D eigenvalue weighted by Gasteiger charge is 2.39. The number of carbonyl (C=O) groups is 1. The van der Waals surface area contributed by atoms with Crippen LogP contribution in [0.25, 0.3) is 0 Å². The SMILES string of the molecule is COc1c(Br)c2c(c(OC)c1OC)CCN(C(=O)OCC(Cl)(Cl)Cl)C2CSc1ccccn1. The molecule has 0 saturated carbocycles. The van der Waals surface area contributed by atoms with Gasteiger partial charge in [0.05, 0.1) is 36.9 Å². The van der Waals surface area contributed by atoms with E-state index >= 15 is 0 Å². The van der Waals surface area contributed by atoms with Gasteiger partial charge in [-0.15, -0.1) is 11.8 Å². The van der Waals surface area contributed by atoms with Crippen LogP contribution in [-0.2, 0) is 11.2 Å². The van der Waals surface area contributed by atoms with Gasteiger partial charge in [0, 0.05) is 29.6 Å². The van der Waals surface area contributed by atoms with Crippen molar-refractivity contribution in [3.05, 3.63) is 40.0 Å². The van der Waals surface area contributed by atoms with Gasteiger partial charge in [0.25, 0.3) is 0 Å². The van der Waals surface area contributed by atoms with Crippen molar-refractivity contribution in [3.8, 4) is 17.2 Å². The van der Waals surface area contributed by atoms with E-state index in [1.165, 1.54) is 11.8 Å². The molecule has 1 aliphatic heterocycles. The molecule has 0 saturated heterocycles. The average molecular weight is 601 g/mol. The largest absolute Gasteiger partial charge is 0.492 e. The molecule has 0 radical (unpaired) electrons. The number of hydrogen-bond acceptors (Lipinski definition) is 7. The number of alkyl halides is 3. The number of nitrogens with zero attached hydrogens (tertiary/aromatic N) is 2. The van der Waals surface area contributed by atoms with Gasteiger partial charge in [-0.05, 0) is 34.5 Å². The summed E-state index contributed by atoms with van der Waals surface area (Å²) in [6.45, 7) is 0.00774. The lowest BCUT2D eigenvalue weighted by molar-refractivity contribution is 0.0876. The van der Waals surface area contributed by atoms with E-state index in [4.69, 9.17) is 53.8 Å². The average Bonchev–Trinajstić information content (AvgIpc) is 2.80. The van der Waals surface area contributed by atoms with Crippen LogP contribution in [0.2, 0.25) is 0 Å². The highest BCUT2D eigenvalue weighted by Crippen LogP contribution is 2.52. The van der Waals surface area contributed by atoms with Gasteiger partial charge >= 0.3 is 6.09 Å². The van der Waals surface area contributed by atoms with Gasteiger partial charge in [0.1, 0.15) is 6.61 Å². The molecule has 7 nitrogen and oxygen atoms in total. The summed E-state index contributed by atoms with van der Waals surface area (Å²) in [5.41, 5.74) is 1.75. The third kappa shape index (κ3) is 6.06. The molecule has 180 valence electrons. The fraction of sp³-hybridized carbons (Fsp3) is 0.429. The van der Waals surface area contributed by atoms with Gasteiger partial charge in [-0.1, -0.05) is 40.9 Å². The van der Waals surface area contributed by atoms with E-state index in [2.05, 4.69) is 20.9 Å². The second kappa shape index (κ2) is 11.4. The Morgan fingerprint density at radius 1 is 1.18 bits per heavy atom. The molecule has 1 aliphatic rings. The first-order chi connectivity index (χ1) is 15.7. The number of carbonyl (C=O) groups excluding carboxylic acids is 1. The van der Waals surface area contributed by atoms with Crippen LogP contribution in [0.15, 0.2) is 33.9 Å². The predicted octanol–water partition coefficient (Wildman–Crippen LogP) is 6.07. The zero-order valence-corrected chi connectivity index (χ0v) is 22.7. The first kappa shape index (κ1) is 26.3. The number of thioether (sulfide) groups is 1. The van der Waals surface area contributed by atoms with Crippen molar-refractivity contribution in [2.45, 2.75) is 21.3 Å². The van der Waals surface area contributed by atoms with Crippen LogP contribution in [-0.4, -0.2) is 60.0 Å². The third-order valence-electron chi connectivity index (χ3n) is 4.99. The van der Waals surface area contributed by atoms with Crippen molar-refractivity contribution in [2.75, 3.05) is 40.2 Å². The molecule has 0 aliphatic carbocycles. The van der Waals surface area contributed by atoms with E-state index in [0.29, 0.717) is 40.4 Å². The lowest BCUT2D eigenvalue weighted by Crippen LogP contribution is -2.42.